The van der Waals surface area contributed by atoms with Crippen LogP contribution >= 0.6 is 0 Å². The predicted octanol–water partition coefficient (Wildman–Crippen LogP) is 3.27. The molecule has 0 radical (unpaired) electrons. The van der Waals surface area contributed by atoms with Gasteiger partial charge < -0.3 is 10.0 Å². The number of piperidine rings is 1. The van der Waals surface area contributed by atoms with Gasteiger partial charge in [-0.15, -0.1) is 0 Å². The second-order valence-electron chi connectivity index (χ2n) is 5.74. The van der Waals surface area contributed by atoms with E-state index in [2.05, 4.69) is 11.8 Å². The molecule has 0 spiro atoms. The molecule has 0 saturated carbocycles. The zero-order valence-corrected chi connectivity index (χ0v) is 12.5. The molecule has 22 heavy (non-hydrogen) atoms. The summed E-state index contributed by atoms with van der Waals surface area (Å²) in [5, 5.41) is 19.5. The summed E-state index contributed by atoms with van der Waals surface area (Å²) in [7, 11) is 0. The molecule has 6 heteroatoms. The number of likely N-dealkylation sites (tertiary alicyclic amines) is 1. The van der Waals surface area contributed by atoms with Crippen molar-refractivity contribution < 1.29 is 18.3 Å². The van der Waals surface area contributed by atoms with Crippen molar-refractivity contribution >= 4 is 0 Å². The molecule has 120 valence electrons. The first-order valence-electron chi connectivity index (χ1n) is 7.37. The summed E-state index contributed by atoms with van der Waals surface area (Å²) in [5.74, 6) is 0. The van der Waals surface area contributed by atoms with Gasteiger partial charge in [0.15, 0.2) is 0 Å². The molecule has 1 aliphatic heterocycles. The number of nitrogens with zero attached hydrogens (tertiary/aromatic N) is 2. The number of nitriles is 1. The summed E-state index contributed by atoms with van der Waals surface area (Å²) < 4.78 is 39.1. The lowest BCUT2D eigenvalue weighted by molar-refractivity contribution is -0.138. The zero-order valence-electron chi connectivity index (χ0n) is 12.5. The van der Waals surface area contributed by atoms with Crippen LogP contribution in [0.15, 0.2) is 18.2 Å². The molecule has 1 aromatic carbocycles. The summed E-state index contributed by atoms with van der Waals surface area (Å²) in [4.78, 5) is 2.20. The van der Waals surface area contributed by atoms with Gasteiger partial charge in [-0.2, -0.15) is 18.4 Å². The van der Waals surface area contributed by atoms with Crippen LogP contribution < -0.4 is 0 Å². The van der Waals surface area contributed by atoms with E-state index in [0.29, 0.717) is 25.9 Å². The van der Waals surface area contributed by atoms with Crippen molar-refractivity contribution in [2.45, 2.75) is 38.0 Å². The van der Waals surface area contributed by atoms with Crippen LogP contribution in [0.2, 0.25) is 0 Å². The molecule has 1 saturated heterocycles. The Labute approximate surface area is 128 Å². The van der Waals surface area contributed by atoms with Crippen molar-refractivity contribution in [2.75, 3.05) is 19.6 Å². The van der Waals surface area contributed by atoms with E-state index in [1.165, 1.54) is 6.07 Å². The van der Waals surface area contributed by atoms with Crippen LogP contribution in [-0.4, -0.2) is 29.6 Å². The Hall–Kier alpha value is -1.58. The standard InChI is InChI=1S/C16H19F3N2O/c1-2-7-21-8-5-15(22,6-9-21)13-4-3-12(11-20)14(10-13)16(17,18)19/h3-4,10,22H,2,5-9H2,1H3. The third-order valence-corrected chi connectivity index (χ3v) is 4.21. The Morgan fingerprint density at radius 3 is 2.45 bits per heavy atom. The SMILES string of the molecule is CCCN1CCC(O)(c2ccc(C#N)c(C(F)(F)F)c2)CC1. The molecule has 1 heterocycles. The second-order valence-corrected chi connectivity index (χ2v) is 5.74. The Morgan fingerprint density at radius 2 is 1.95 bits per heavy atom. The van der Waals surface area contributed by atoms with Gasteiger partial charge in [0, 0.05) is 13.1 Å². The van der Waals surface area contributed by atoms with Crippen LogP contribution in [0.4, 0.5) is 13.2 Å². The van der Waals surface area contributed by atoms with Crippen LogP contribution in [-0.2, 0) is 11.8 Å². The Bertz CT molecular complexity index is 570. The van der Waals surface area contributed by atoms with E-state index in [9.17, 15) is 18.3 Å². The predicted molar refractivity (Wildman–Crippen MR) is 76.0 cm³/mol. The molecule has 1 N–H and O–H groups in total. The topological polar surface area (TPSA) is 47.3 Å². The Morgan fingerprint density at radius 1 is 1.32 bits per heavy atom. The van der Waals surface area contributed by atoms with Crippen molar-refractivity contribution in [1.29, 1.82) is 5.26 Å². The highest BCUT2D eigenvalue weighted by Gasteiger charge is 2.38. The maximum Gasteiger partial charge on any atom is 0.417 e. The van der Waals surface area contributed by atoms with Gasteiger partial charge in [0.2, 0.25) is 0 Å². The van der Waals surface area contributed by atoms with Crippen molar-refractivity contribution in [2.24, 2.45) is 0 Å². The number of halogens is 3. The first-order valence-corrected chi connectivity index (χ1v) is 7.37. The normalized spacial score (nSPS) is 18.9. The van der Waals surface area contributed by atoms with Crippen LogP contribution in [0, 0.1) is 11.3 Å². The van der Waals surface area contributed by atoms with Crippen LogP contribution in [0.5, 0.6) is 0 Å². The average Bonchev–Trinajstić information content (AvgIpc) is 2.48. The molecule has 0 aromatic heterocycles. The highest BCUT2D eigenvalue weighted by atomic mass is 19.4. The van der Waals surface area contributed by atoms with E-state index in [1.807, 2.05) is 0 Å². The number of hydrogen-bond acceptors (Lipinski definition) is 3. The lowest BCUT2D eigenvalue weighted by Crippen LogP contribution is -2.42. The zero-order chi connectivity index (χ0) is 16.4. The number of hydrogen-bond donors (Lipinski definition) is 1. The van der Waals surface area contributed by atoms with E-state index >= 15 is 0 Å². The minimum atomic E-state index is -4.60. The fourth-order valence-corrected chi connectivity index (χ4v) is 2.92. The fourth-order valence-electron chi connectivity index (χ4n) is 2.92. The summed E-state index contributed by atoms with van der Waals surface area (Å²) in [6.45, 7) is 4.31. The average molecular weight is 312 g/mol. The van der Waals surface area contributed by atoms with Crippen molar-refractivity contribution in [3.05, 3.63) is 34.9 Å². The molecule has 0 unspecified atom stereocenters. The molecular formula is C16H19F3N2O. The first-order chi connectivity index (χ1) is 10.3. The van der Waals surface area contributed by atoms with E-state index in [-0.39, 0.29) is 5.56 Å². The minimum absolute atomic E-state index is 0.245. The Balaban J connectivity index is 2.28. The molecule has 2 rings (SSSR count). The van der Waals surface area contributed by atoms with E-state index in [1.54, 1.807) is 6.07 Å². The van der Waals surface area contributed by atoms with Crippen LogP contribution in [0.25, 0.3) is 0 Å². The van der Waals surface area contributed by atoms with E-state index in [4.69, 9.17) is 5.26 Å². The molecule has 3 nitrogen and oxygen atoms in total. The van der Waals surface area contributed by atoms with E-state index in [0.717, 1.165) is 25.1 Å². The third-order valence-electron chi connectivity index (χ3n) is 4.21. The summed E-state index contributed by atoms with van der Waals surface area (Å²) in [5.41, 5.74) is -2.40. The summed E-state index contributed by atoms with van der Waals surface area (Å²) in [6, 6.07) is 5.06. The lowest BCUT2D eigenvalue weighted by atomic mass is 9.83. The first kappa shape index (κ1) is 16.8. The highest BCUT2D eigenvalue weighted by Crippen LogP contribution is 2.38. The van der Waals surface area contributed by atoms with Gasteiger partial charge >= 0.3 is 6.18 Å². The molecule has 0 bridgehead atoms. The van der Waals surface area contributed by atoms with Crippen LogP contribution in [0.1, 0.15) is 42.9 Å². The van der Waals surface area contributed by atoms with Gasteiger partial charge in [0.25, 0.3) is 0 Å². The van der Waals surface area contributed by atoms with Crippen molar-refractivity contribution in [3.63, 3.8) is 0 Å². The van der Waals surface area contributed by atoms with Gasteiger partial charge in [0.1, 0.15) is 0 Å². The highest BCUT2D eigenvalue weighted by molar-refractivity contribution is 5.43. The lowest BCUT2D eigenvalue weighted by Gasteiger charge is -2.38. The molecule has 1 aromatic rings. The van der Waals surface area contributed by atoms with Gasteiger partial charge in [-0.25, -0.2) is 0 Å². The molecule has 1 fully saturated rings. The maximum absolute atomic E-state index is 13.0. The minimum Gasteiger partial charge on any atom is -0.385 e. The van der Waals surface area contributed by atoms with Gasteiger partial charge in [-0.05, 0) is 43.5 Å². The number of benzene rings is 1. The summed E-state index contributed by atoms with van der Waals surface area (Å²) >= 11 is 0. The maximum atomic E-state index is 13.0. The van der Waals surface area contributed by atoms with Crippen LogP contribution in [0.3, 0.4) is 0 Å². The molecule has 1 aliphatic rings. The largest absolute Gasteiger partial charge is 0.417 e. The van der Waals surface area contributed by atoms with Gasteiger partial charge in [0.05, 0.1) is 22.8 Å². The molecule has 0 atom stereocenters. The molecule has 0 amide bonds. The fraction of sp³-hybridized carbons (Fsp3) is 0.562. The Kier molecular flexibility index (Phi) is 4.78. The molecular weight excluding hydrogens is 293 g/mol. The molecule has 0 aliphatic carbocycles. The summed E-state index contributed by atoms with van der Waals surface area (Å²) in [6.07, 6.45) is -2.79. The number of aliphatic hydroxyl groups is 1. The van der Waals surface area contributed by atoms with Gasteiger partial charge in [-0.3, -0.25) is 0 Å². The number of rotatable bonds is 3. The second kappa shape index (κ2) is 6.27. The van der Waals surface area contributed by atoms with Crippen molar-refractivity contribution in [3.8, 4) is 6.07 Å². The monoisotopic (exact) mass is 312 g/mol. The smallest absolute Gasteiger partial charge is 0.385 e. The number of alkyl halides is 3. The third kappa shape index (κ3) is 3.42. The van der Waals surface area contributed by atoms with Crippen molar-refractivity contribution in [1.82, 2.24) is 4.90 Å². The quantitative estimate of drug-likeness (QED) is 0.932. The van der Waals surface area contributed by atoms with E-state index < -0.39 is 22.9 Å². The van der Waals surface area contributed by atoms with Gasteiger partial charge in [-0.1, -0.05) is 13.0 Å².